The molecule has 0 aliphatic carbocycles. The number of methoxy groups -OCH3 is 1. The standard InChI is InChI=1S/C15H18BrClN2O2/c1-10(2)19-5-4-12(18-19)9-21-15-13(16)6-11(8-17)7-14(15)20-3/h4-7,10H,8-9H2,1-3H3. The van der Waals surface area contributed by atoms with Crippen LogP contribution in [0.25, 0.3) is 0 Å². The minimum Gasteiger partial charge on any atom is -0.493 e. The van der Waals surface area contributed by atoms with Crippen molar-refractivity contribution in [2.45, 2.75) is 32.4 Å². The first-order valence-corrected chi connectivity index (χ1v) is 7.97. The normalized spacial score (nSPS) is 11.0. The molecule has 0 aliphatic rings. The van der Waals surface area contributed by atoms with E-state index in [4.69, 9.17) is 21.1 Å². The Hall–Kier alpha value is -1.20. The van der Waals surface area contributed by atoms with E-state index in [0.717, 1.165) is 15.7 Å². The van der Waals surface area contributed by atoms with Crippen LogP contribution in [0.5, 0.6) is 11.5 Å². The Morgan fingerprint density at radius 3 is 2.71 bits per heavy atom. The summed E-state index contributed by atoms with van der Waals surface area (Å²) in [6, 6.07) is 6.09. The van der Waals surface area contributed by atoms with Gasteiger partial charge in [0.2, 0.25) is 0 Å². The molecule has 0 saturated heterocycles. The summed E-state index contributed by atoms with van der Waals surface area (Å²) in [7, 11) is 1.61. The number of rotatable bonds is 6. The van der Waals surface area contributed by atoms with Crippen LogP contribution >= 0.6 is 27.5 Å². The second-order valence-corrected chi connectivity index (χ2v) is 6.03. The molecule has 0 spiro atoms. The summed E-state index contributed by atoms with van der Waals surface area (Å²) in [4.78, 5) is 0. The van der Waals surface area contributed by atoms with Gasteiger partial charge in [-0.1, -0.05) is 0 Å². The maximum absolute atomic E-state index is 5.86. The number of halogens is 2. The molecule has 0 aliphatic heterocycles. The van der Waals surface area contributed by atoms with Gasteiger partial charge in [-0.2, -0.15) is 5.10 Å². The Kier molecular flexibility index (Phi) is 5.53. The predicted octanol–water partition coefficient (Wildman–Crippen LogP) is 4.55. The van der Waals surface area contributed by atoms with Gasteiger partial charge >= 0.3 is 0 Å². The summed E-state index contributed by atoms with van der Waals surface area (Å²) in [6.45, 7) is 4.55. The minimum absolute atomic E-state index is 0.336. The van der Waals surface area contributed by atoms with Crippen molar-refractivity contribution in [1.29, 1.82) is 0 Å². The van der Waals surface area contributed by atoms with Crippen molar-refractivity contribution in [1.82, 2.24) is 9.78 Å². The third-order valence-electron chi connectivity index (χ3n) is 3.00. The number of alkyl halides is 1. The van der Waals surface area contributed by atoms with Crippen molar-refractivity contribution in [3.05, 3.63) is 40.1 Å². The van der Waals surface area contributed by atoms with Gasteiger partial charge in [-0.3, -0.25) is 4.68 Å². The highest BCUT2D eigenvalue weighted by Crippen LogP contribution is 2.37. The average molecular weight is 374 g/mol. The second kappa shape index (κ2) is 7.18. The minimum atomic E-state index is 0.336. The molecule has 0 bridgehead atoms. The predicted molar refractivity (Wildman–Crippen MR) is 87.2 cm³/mol. The van der Waals surface area contributed by atoms with Gasteiger partial charge < -0.3 is 9.47 Å². The zero-order valence-electron chi connectivity index (χ0n) is 12.3. The summed E-state index contributed by atoms with van der Waals surface area (Å²) in [5.74, 6) is 1.74. The zero-order chi connectivity index (χ0) is 15.4. The molecule has 4 nitrogen and oxygen atoms in total. The number of hydrogen-bond acceptors (Lipinski definition) is 3. The van der Waals surface area contributed by atoms with Crippen LogP contribution in [0, 0.1) is 0 Å². The van der Waals surface area contributed by atoms with Crippen LogP contribution in [-0.4, -0.2) is 16.9 Å². The van der Waals surface area contributed by atoms with Crippen LogP contribution in [0.1, 0.15) is 31.1 Å². The van der Waals surface area contributed by atoms with Crippen LogP contribution in [0.2, 0.25) is 0 Å². The zero-order valence-corrected chi connectivity index (χ0v) is 14.6. The monoisotopic (exact) mass is 372 g/mol. The summed E-state index contributed by atoms with van der Waals surface area (Å²) >= 11 is 9.35. The number of benzene rings is 1. The highest BCUT2D eigenvalue weighted by molar-refractivity contribution is 9.10. The van der Waals surface area contributed by atoms with Gasteiger partial charge in [0.25, 0.3) is 0 Å². The lowest BCUT2D eigenvalue weighted by Crippen LogP contribution is -2.04. The van der Waals surface area contributed by atoms with E-state index < -0.39 is 0 Å². The first kappa shape index (κ1) is 16.2. The first-order valence-electron chi connectivity index (χ1n) is 6.64. The van der Waals surface area contributed by atoms with Gasteiger partial charge in [0.15, 0.2) is 11.5 Å². The Morgan fingerprint density at radius 1 is 1.38 bits per heavy atom. The fourth-order valence-corrected chi connectivity index (χ4v) is 2.64. The fourth-order valence-electron chi connectivity index (χ4n) is 1.88. The molecule has 0 N–H and O–H groups in total. The molecule has 6 heteroatoms. The molecule has 0 fully saturated rings. The number of aromatic nitrogens is 2. The van der Waals surface area contributed by atoms with Gasteiger partial charge in [-0.05, 0) is 53.5 Å². The summed E-state index contributed by atoms with van der Waals surface area (Å²) in [5, 5.41) is 4.46. The lowest BCUT2D eigenvalue weighted by molar-refractivity contribution is 0.277. The highest BCUT2D eigenvalue weighted by Gasteiger charge is 2.12. The molecule has 2 rings (SSSR count). The largest absolute Gasteiger partial charge is 0.493 e. The number of hydrogen-bond donors (Lipinski definition) is 0. The van der Waals surface area contributed by atoms with E-state index in [1.54, 1.807) is 7.11 Å². The second-order valence-electron chi connectivity index (χ2n) is 4.91. The van der Waals surface area contributed by atoms with E-state index in [0.29, 0.717) is 30.0 Å². The topological polar surface area (TPSA) is 36.3 Å². The van der Waals surface area contributed by atoms with Crippen molar-refractivity contribution in [2.24, 2.45) is 0 Å². The molecule has 0 unspecified atom stereocenters. The van der Waals surface area contributed by atoms with Gasteiger partial charge in [-0.15, -0.1) is 11.6 Å². The first-order chi connectivity index (χ1) is 10.0. The van der Waals surface area contributed by atoms with E-state index in [2.05, 4.69) is 34.9 Å². The molecule has 114 valence electrons. The van der Waals surface area contributed by atoms with Crippen LogP contribution < -0.4 is 9.47 Å². The summed E-state index contributed by atoms with van der Waals surface area (Å²) < 4.78 is 13.9. The molecule has 0 saturated carbocycles. The van der Waals surface area contributed by atoms with Gasteiger partial charge in [0, 0.05) is 18.1 Å². The van der Waals surface area contributed by atoms with E-state index in [-0.39, 0.29) is 0 Å². The Morgan fingerprint density at radius 2 is 2.14 bits per heavy atom. The van der Waals surface area contributed by atoms with Crippen molar-refractivity contribution in [3.63, 3.8) is 0 Å². The number of nitrogens with zero attached hydrogens (tertiary/aromatic N) is 2. The summed E-state index contributed by atoms with van der Waals surface area (Å²) in [6.07, 6.45) is 1.95. The molecule has 2 aromatic rings. The Labute approximate surface area is 138 Å². The fraction of sp³-hybridized carbons (Fsp3) is 0.400. The third kappa shape index (κ3) is 3.92. The molecular formula is C15H18BrClN2O2. The van der Waals surface area contributed by atoms with E-state index in [9.17, 15) is 0 Å². The van der Waals surface area contributed by atoms with E-state index >= 15 is 0 Å². The van der Waals surface area contributed by atoms with Crippen molar-refractivity contribution in [2.75, 3.05) is 7.11 Å². The Balaban J connectivity index is 2.15. The maximum atomic E-state index is 5.86. The average Bonchev–Trinajstić information content (AvgIpc) is 2.94. The van der Waals surface area contributed by atoms with Crippen LogP contribution in [-0.2, 0) is 12.5 Å². The molecule has 0 atom stereocenters. The molecule has 1 aromatic heterocycles. The Bertz CT molecular complexity index is 614. The van der Waals surface area contributed by atoms with Crippen LogP contribution in [0.4, 0.5) is 0 Å². The van der Waals surface area contributed by atoms with E-state index in [1.807, 2.05) is 29.1 Å². The number of ether oxygens (including phenoxy) is 2. The molecule has 21 heavy (non-hydrogen) atoms. The highest BCUT2D eigenvalue weighted by atomic mass is 79.9. The molecule has 1 aromatic carbocycles. The molecule has 0 radical (unpaired) electrons. The van der Waals surface area contributed by atoms with Crippen molar-refractivity contribution < 1.29 is 9.47 Å². The smallest absolute Gasteiger partial charge is 0.175 e. The van der Waals surface area contributed by atoms with Crippen LogP contribution in [0.15, 0.2) is 28.9 Å². The maximum Gasteiger partial charge on any atom is 0.175 e. The van der Waals surface area contributed by atoms with Gasteiger partial charge in [-0.25, -0.2) is 0 Å². The van der Waals surface area contributed by atoms with Crippen LogP contribution in [0.3, 0.4) is 0 Å². The van der Waals surface area contributed by atoms with Crippen molar-refractivity contribution >= 4 is 27.5 Å². The lowest BCUT2D eigenvalue weighted by Gasteiger charge is -2.13. The summed E-state index contributed by atoms with van der Waals surface area (Å²) in [5.41, 5.74) is 1.84. The van der Waals surface area contributed by atoms with Gasteiger partial charge in [0.05, 0.1) is 17.3 Å². The quantitative estimate of drug-likeness (QED) is 0.697. The molecular weight excluding hydrogens is 356 g/mol. The lowest BCUT2D eigenvalue weighted by atomic mass is 10.2. The molecule has 1 heterocycles. The van der Waals surface area contributed by atoms with Gasteiger partial charge in [0.1, 0.15) is 6.61 Å². The van der Waals surface area contributed by atoms with Crippen molar-refractivity contribution in [3.8, 4) is 11.5 Å². The van der Waals surface area contributed by atoms with E-state index in [1.165, 1.54) is 0 Å². The molecule has 0 amide bonds. The SMILES string of the molecule is COc1cc(CCl)cc(Br)c1OCc1ccn(C(C)C)n1. The third-order valence-corrected chi connectivity index (χ3v) is 3.90.